The van der Waals surface area contributed by atoms with E-state index in [1.54, 1.807) is 12.2 Å². The van der Waals surface area contributed by atoms with Crippen molar-refractivity contribution in [3.05, 3.63) is 23.8 Å². The molecule has 2 heterocycles. The number of aliphatic hydroxyl groups is 1. The summed E-state index contributed by atoms with van der Waals surface area (Å²) in [5.41, 5.74) is -4.16. The lowest BCUT2D eigenvalue weighted by molar-refractivity contribution is -0.235. The van der Waals surface area contributed by atoms with E-state index in [9.17, 15) is 14.7 Å². The minimum absolute atomic E-state index is 0.0460. The molecule has 0 bridgehead atoms. The average Bonchev–Trinajstić information content (AvgIpc) is 3.38. The van der Waals surface area contributed by atoms with Crippen molar-refractivity contribution in [3.8, 4) is 0 Å². The van der Waals surface area contributed by atoms with Crippen molar-refractivity contribution in [3.63, 3.8) is 0 Å². The van der Waals surface area contributed by atoms with Crippen LogP contribution in [0.1, 0.15) is 78.1 Å². The van der Waals surface area contributed by atoms with E-state index in [1.165, 1.54) is 12.5 Å². The largest absolute Gasteiger partial charge is 0.390 e. The van der Waals surface area contributed by atoms with E-state index in [0.717, 1.165) is 63.9 Å². The fraction of sp³-hybridized carbons (Fsp3) is 0.824. The zero-order chi connectivity index (χ0) is 29.5. The summed E-state index contributed by atoms with van der Waals surface area (Å²) in [6, 6.07) is 0. The molecule has 0 aromatic heterocycles. The highest BCUT2D eigenvalue weighted by Crippen LogP contribution is 2.72. The van der Waals surface area contributed by atoms with Gasteiger partial charge in [-0.2, -0.15) is 0 Å². The first-order chi connectivity index (χ1) is 20.0. The van der Waals surface area contributed by atoms with E-state index < -0.39 is 46.5 Å². The van der Waals surface area contributed by atoms with Gasteiger partial charge in [-0.25, -0.2) is 4.39 Å². The lowest BCUT2D eigenvalue weighted by Crippen LogP contribution is -2.70. The second kappa shape index (κ2) is 10.3. The summed E-state index contributed by atoms with van der Waals surface area (Å²) in [5.74, 6) is -0.442. The first kappa shape index (κ1) is 29.3. The fourth-order valence-electron chi connectivity index (χ4n) is 10.7. The van der Waals surface area contributed by atoms with Crippen molar-refractivity contribution in [2.24, 2.45) is 28.6 Å². The lowest BCUT2D eigenvalue weighted by Gasteiger charge is -2.62. The number of fused-ring (bicyclic) bond motifs is 7. The lowest BCUT2D eigenvalue weighted by atomic mass is 9.44. The summed E-state index contributed by atoms with van der Waals surface area (Å²) >= 11 is 0. The maximum Gasteiger partial charge on any atom is 0.181 e. The summed E-state index contributed by atoms with van der Waals surface area (Å²) < 4.78 is 31.6. The van der Waals surface area contributed by atoms with E-state index in [-0.39, 0.29) is 29.8 Å². The molecule has 0 aromatic rings. The Hall–Kier alpha value is -1.45. The van der Waals surface area contributed by atoms with E-state index in [2.05, 4.69) is 23.8 Å². The number of aliphatic hydroxyl groups excluding tert-OH is 1. The molecule has 1 N–H and O–H groups in total. The minimum Gasteiger partial charge on any atom is -0.390 e. The number of rotatable bonds is 4. The predicted octanol–water partition coefficient (Wildman–Crippen LogP) is 4.23. The van der Waals surface area contributed by atoms with Crippen molar-refractivity contribution in [1.29, 1.82) is 0 Å². The Kier molecular flexibility index (Phi) is 7.18. The third kappa shape index (κ3) is 4.00. The molecule has 5 aliphatic carbocycles. The molecule has 6 fully saturated rings. The molecule has 232 valence electrons. The number of nitrogens with zero attached hydrogens (tertiary/aromatic N) is 2. The second-order valence-corrected chi connectivity index (χ2v) is 15.1. The van der Waals surface area contributed by atoms with Crippen LogP contribution in [-0.4, -0.2) is 96.0 Å². The van der Waals surface area contributed by atoms with Gasteiger partial charge in [0.15, 0.2) is 29.1 Å². The van der Waals surface area contributed by atoms with Crippen LogP contribution >= 0.6 is 0 Å². The molecule has 7 nitrogen and oxygen atoms in total. The number of hydrogen-bond donors (Lipinski definition) is 1. The molecule has 2 aliphatic heterocycles. The van der Waals surface area contributed by atoms with Crippen LogP contribution in [0.2, 0.25) is 0 Å². The molecular formula is C34H49FN2O5. The summed E-state index contributed by atoms with van der Waals surface area (Å²) in [6.45, 7) is 7.86. The Balaban J connectivity index is 1.25. The van der Waals surface area contributed by atoms with Crippen molar-refractivity contribution >= 4 is 11.6 Å². The van der Waals surface area contributed by atoms with Crippen LogP contribution in [0.5, 0.6) is 0 Å². The van der Waals surface area contributed by atoms with Crippen molar-refractivity contribution < 1.29 is 28.6 Å². The Labute approximate surface area is 249 Å². The number of ether oxygens (including phenoxy) is 2. The topological polar surface area (TPSA) is 79.3 Å². The highest BCUT2D eigenvalue weighted by Gasteiger charge is 2.79. The molecule has 4 saturated carbocycles. The average molecular weight is 585 g/mol. The molecule has 0 unspecified atom stereocenters. The highest BCUT2D eigenvalue weighted by atomic mass is 19.1. The van der Waals surface area contributed by atoms with Crippen molar-refractivity contribution in [1.82, 2.24) is 9.80 Å². The maximum absolute atomic E-state index is 17.8. The van der Waals surface area contributed by atoms with Gasteiger partial charge in [0.1, 0.15) is 0 Å². The number of alkyl halides is 1. The van der Waals surface area contributed by atoms with Crippen molar-refractivity contribution in [2.45, 2.75) is 108 Å². The molecule has 7 rings (SSSR count). The third-order valence-electron chi connectivity index (χ3n) is 13.0. The van der Waals surface area contributed by atoms with Gasteiger partial charge in [0.2, 0.25) is 0 Å². The smallest absolute Gasteiger partial charge is 0.181 e. The highest BCUT2D eigenvalue weighted by molar-refractivity contribution is 6.01. The van der Waals surface area contributed by atoms with E-state index in [4.69, 9.17) is 9.47 Å². The Bertz CT molecular complexity index is 1180. The van der Waals surface area contributed by atoms with Gasteiger partial charge in [-0.05, 0) is 90.1 Å². The SMILES string of the molecule is CN1CCCN(CC(=O)[C@@]23O[C@H](C4CCCCC4)O[C@@H]2C[C@H]2[C@@H]4CCC5=CC(=O)C=C[C@]5(C)[C@@]4(F)[C@@H](O)C[C@@]23C)CC1. The molecule has 42 heavy (non-hydrogen) atoms. The molecule has 7 aliphatic rings. The number of halogens is 1. The Morgan fingerprint density at radius 2 is 1.86 bits per heavy atom. The van der Waals surface area contributed by atoms with Gasteiger partial charge in [-0.1, -0.05) is 37.8 Å². The van der Waals surface area contributed by atoms with Gasteiger partial charge >= 0.3 is 0 Å². The number of ketones is 2. The maximum atomic E-state index is 17.8. The van der Waals surface area contributed by atoms with Gasteiger partial charge in [0.25, 0.3) is 0 Å². The van der Waals surface area contributed by atoms with Crippen LogP contribution in [0.15, 0.2) is 23.8 Å². The van der Waals surface area contributed by atoms with Crippen LogP contribution in [-0.2, 0) is 19.1 Å². The summed E-state index contributed by atoms with van der Waals surface area (Å²) in [6.07, 6.45) is 11.0. The fourth-order valence-corrected chi connectivity index (χ4v) is 10.7. The van der Waals surface area contributed by atoms with Gasteiger partial charge in [0, 0.05) is 35.8 Å². The zero-order valence-corrected chi connectivity index (χ0v) is 25.7. The molecule has 2 saturated heterocycles. The third-order valence-corrected chi connectivity index (χ3v) is 13.0. The normalized spacial score (nSPS) is 48.2. The molecule has 8 heteroatoms. The van der Waals surface area contributed by atoms with Crippen molar-refractivity contribution in [2.75, 3.05) is 39.8 Å². The summed E-state index contributed by atoms with van der Waals surface area (Å²) in [5, 5.41) is 11.9. The van der Waals surface area contributed by atoms with Crippen LogP contribution < -0.4 is 0 Å². The van der Waals surface area contributed by atoms with Gasteiger partial charge in [-0.3, -0.25) is 14.5 Å². The van der Waals surface area contributed by atoms with E-state index >= 15 is 4.39 Å². The molecule has 0 spiro atoms. The Morgan fingerprint density at radius 3 is 2.64 bits per heavy atom. The van der Waals surface area contributed by atoms with Crippen LogP contribution in [0.3, 0.4) is 0 Å². The number of Topliss-reactive ketones (excluding diaryl/α,β-unsaturated/α-hetero) is 1. The van der Waals surface area contributed by atoms with Crippen LogP contribution in [0, 0.1) is 28.6 Å². The van der Waals surface area contributed by atoms with Crippen LogP contribution in [0.25, 0.3) is 0 Å². The zero-order valence-electron chi connectivity index (χ0n) is 25.7. The van der Waals surface area contributed by atoms with Gasteiger partial charge in [0.05, 0.1) is 18.8 Å². The second-order valence-electron chi connectivity index (χ2n) is 15.1. The number of allylic oxidation sites excluding steroid dienone is 4. The monoisotopic (exact) mass is 584 g/mol. The number of likely N-dealkylation sites (N-methyl/N-ethyl adjacent to an activating group) is 1. The molecule has 9 atom stereocenters. The first-order valence-corrected chi connectivity index (χ1v) is 16.6. The van der Waals surface area contributed by atoms with Gasteiger partial charge in [-0.15, -0.1) is 0 Å². The standard InChI is InChI=1S/C34H49FN2O5/c1-31-13-12-24(38)18-23(31)10-11-25-26-19-29-34(32(26,2)20-27(39)33(25,31)35,42-30(41-29)22-8-5-4-6-9-22)28(40)21-37-15-7-14-36(3)16-17-37/h12-13,18,22,25-27,29-30,39H,4-11,14-17,19-21H2,1-3H3/t25-,26-,27-,29+,30+,31-,32-,33-,34+/m0/s1. The molecule has 0 radical (unpaired) electrons. The molecule has 0 aromatic carbocycles. The van der Waals surface area contributed by atoms with Gasteiger partial charge < -0.3 is 19.5 Å². The van der Waals surface area contributed by atoms with E-state index in [1.807, 2.05) is 6.92 Å². The number of carbonyl (C=O) groups is 2. The van der Waals surface area contributed by atoms with E-state index in [0.29, 0.717) is 25.8 Å². The summed E-state index contributed by atoms with van der Waals surface area (Å²) in [7, 11) is 2.13. The summed E-state index contributed by atoms with van der Waals surface area (Å²) in [4.78, 5) is 31.6. The first-order valence-electron chi connectivity index (χ1n) is 16.6. The quantitative estimate of drug-likeness (QED) is 0.530. The minimum atomic E-state index is -1.93. The Morgan fingerprint density at radius 1 is 1.07 bits per heavy atom. The predicted molar refractivity (Wildman–Crippen MR) is 156 cm³/mol. The molecule has 0 amide bonds. The molecular weight excluding hydrogens is 535 g/mol. The number of carbonyl (C=O) groups excluding carboxylic acids is 2. The van der Waals surface area contributed by atoms with Crippen LogP contribution in [0.4, 0.5) is 4.39 Å². The number of hydrogen-bond acceptors (Lipinski definition) is 7.